The summed E-state index contributed by atoms with van der Waals surface area (Å²) < 4.78 is 40.1. The van der Waals surface area contributed by atoms with E-state index in [1.54, 1.807) is 0 Å². The van der Waals surface area contributed by atoms with Gasteiger partial charge in [0.15, 0.2) is 0 Å². The van der Waals surface area contributed by atoms with E-state index < -0.39 is 30.2 Å². The molecular formula is C6H7F3O3. The van der Waals surface area contributed by atoms with Gasteiger partial charge in [0.2, 0.25) is 0 Å². The molecule has 0 aromatic heterocycles. The zero-order chi connectivity index (χ0) is 9.57. The fourth-order valence-corrected chi connectivity index (χ4v) is 0.883. The summed E-state index contributed by atoms with van der Waals surface area (Å²) in [6.07, 6.45) is -6.42. The Labute approximate surface area is 66.1 Å². The summed E-state index contributed by atoms with van der Waals surface area (Å²) in [5.74, 6) is -3.38. The predicted molar refractivity (Wildman–Crippen MR) is 32.1 cm³/mol. The minimum atomic E-state index is -4.96. The lowest BCUT2D eigenvalue weighted by atomic mass is 10.1. The van der Waals surface area contributed by atoms with Gasteiger partial charge in [-0.1, -0.05) is 6.58 Å². The molecule has 70 valence electrons. The number of halogens is 3. The monoisotopic (exact) mass is 184 g/mol. The average molecular weight is 184 g/mol. The highest BCUT2D eigenvalue weighted by atomic mass is 19.4. The molecule has 1 fully saturated rings. The van der Waals surface area contributed by atoms with E-state index in [1.807, 2.05) is 0 Å². The first-order valence-electron chi connectivity index (χ1n) is 3.09. The van der Waals surface area contributed by atoms with Gasteiger partial charge >= 0.3 is 6.18 Å². The van der Waals surface area contributed by atoms with Crippen molar-refractivity contribution in [3.63, 3.8) is 0 Å². The van der Waals surface area contributed by atoms with Crippen LogP contribution in [-0.2, 0) is 4.74 Å². The van der Waals surface area contributed by atoms with E-state index in [4.69, 9.17) is 10.2 Å². The van der Waals surface area contributed by atoms with Crippen LogP contribution in [0.4, 0.5) is 13.2 Å². The van der Waals surface area contributed by atoms with Gasteiger partial charge in [-0.2, -0.15) is 13.2 Å². The lowest BCUT2D eigenvalue weighted by Gasteiger charge is -2.25. The van der Waals surface area contributed by atoms with Crippen LogP contribution < -0.4 is 0 Å². The molecule has 2 N–H and O–H groups in total. The molecule has 0 aromatic carbocycles. The number of hydrogen-bond donors (Lipinski definition) is 2. The van der Waals surface area contributed by atoms with Crippen molar-refractivity contribution in [2.24, 2.45) is 0 Å². The molecule has 1 saturated heterocycles. The molecule has 1 unspecified atom stereocenters. The SMILES string of the molecule is C=C1[C@@H](O)COC1(O)C(F)(F)F. The third kappa shape index (κ3) is 1.12. The summed E-state index contributed by atoms with van der Waals surface area (Å²) >= 11 is 0. The second-order valence-corrected chi connectivity index (χ2v) is 2.49. The van der Waals surface area contributed by atoms with Crippen molar-refractivity contribution < 1.29 is 28.1 Å². The first-order chi connectivity index (χ1) is 5.29. The summed E-state index contributed by atoms with van der Waals surface area (Å²) in [6, 6.07) is 0. The number of rotatable bonds is 0. The Balaban J connectivity index is 2.94. The Kier molecular flexibility index (Phi) is 1.94. The second kappa shape index (κ2) is 2.45. The van der Waals surface area contributed by atoms with Crippen LogP contribution in [0.1, 0.15) is 0 Å². The topological polar surface area (TPSA) is 49.7 Å². The van der Waals surface area contributed by atoms with Gasteiger partial charge in [-0.25, -0.2) is 0 Å². The normalized spacial score (nSPS) is 37.4. The molecular weight excluding hydrogens is 177 g/mol. The van der Waals surface area contributed by atoms with Crippen molar-refractivity contribution in [2.75, 3.05) is 6.61 Å². The van der Waals surface area contributed by atoms with Gasteiger partial charge in [0.05, 0.1) is 6.61 Å². The van der Waals surface area contributed by atoms with E-state index in [0.717, 1.165) is 0 Å². The highest BCUT2D eigenvalue weighted by Crippen LogP contribution is 2.41. The minimum Gasteiger partial charge on any atom is -0.386 e. The van der Waals surface area contributed by atoms with E-state index in [-0.39, 0.29) is 0 Å². The molecule has 0 bridgehead atoms. The molecule has 2 atom stereocenters. The first kappa shape index (κ1) is 9.50. The maximum absolute atomic E-state index is 12.0. The quantitative estimate of drug-likeness (QED) is 0.528. The van der Waals surface area contributed by atoms with E-state index >= 15 is 0 Å². The number of aliphatic hydroxyl groups excluding tert-OH is 1. The Morgan fingerprint density at radius 1 is 1.58 bits per heavy atom. The highest BCUT2D eigenvalue weighted by molar-refractivity contribution is 5.20. The molecule has 1 rings (SSSR count). The third-order valence-electron chi connectivity index (χ3n) is 1.67. The Bertz CT molecular complexity index is 213. The van der Waals surface area contributed by atoms with E-state index in [9.17, 15) is 13.2 Å². The van der Waals surface area contributed by atoms with Crippen LogP contribution in [0.5, 0.6) is 0 Å². The molecule has 0 spiro atoms. The maximum Gasteiger partial charge on any atom is 0.447 e. The van der Waals surface area contributed by atoms with Gasteiger partial charge in [0, 0.05) is 5.57 Å². The van der Waals surface area contributed by atoms with E-state index in [1.165, 1.54) is 0 Å². The third-order valence-corrected chi connectivity index (χ3v) is 1.67. The summed E-state index contributed by atoms with van der Waals surface area (Å²) in [6.45, 7) is 2.32. The molecule has 0 aliphatic carbocycles. The molecule has 1 aliphatic heterocycles. The van der Waals surface area contributed by atoms with Gasteiger partial charge in [-0.3, -0.25) is 0 Å². The number of ether oxygens (including phenoxy) is 1. The van der Waals surface area contributed by atoms with E-state index in [2.05, 4.69) is 11.3 Å². The smallest absolute Gasteiger partial charge is 0.386 e. The first-order valence-corrected chi connectivity index (χ1v) is 3.09. The van der Waals surface area contributed by atoms with Crippen LogP contribution in [0.15, 0.2) is 12.2 Å². The molecule has 3 nitrogen and oxygen atoms in total. The van der Waals surface area contributed by atoms with Crippen LogP contribution in [-0.4, -0.2) is 34.9 Å². The van der Waals surface area contributed by atoms with Crippen molar-refractivity contribution >= 4 is 0 Å². The summed E-state index contributed by atoms with van der Waals surface area (Å²) in [5, 5.41) is 17.7. The Morgan fingerprint density at radius 3 is 2.25 bits per heavy atom. The number of aliphatic hydroxyl groups is 2. The summed E-state index contributed by atoms with van der Waals surface area (Å²) in [5.41, 5.74) is -0.769. The Morgan fingerprint density at radius 2 is 2.08 bits per heavy atom. The van der Waals surface area contributed by atoms with Crippen LogP contribution in [0.25, 0.3) is 0 Å². The van der Waals surface area contributed by atoms with Gasteiger partial charge in [-0.15, -0.1) is 0 Å². The molecule has 0 saturated carbocycles. The molecule has 0 radical (unpaired) electrons. The number of alkyl halides is 3. The standard InChI is InChI=1S/C6H7F3O3/c1-3-4(10)2-12-5(3,11)6(7,8)9/h4,10-11H,1-2H2/t4-,5?/m0/s1. The Hall–Kier alpha value is -0.590. The minimum absolute atomic E-state index is 0.588. The lowest BCUT2D eigenvalue weighted by Crippen LogP contribution is -2.46. The van der Waals surface area contributed by atoms with Crippen LogP contribution in [0.3, 0.4) is 0 Å². The summed E-state index contributed by atoms with van der Waals surface area (Å²) in [4.78, 5) is 0. The molecule has 1 aliphatic rings. The van der Waals surface area contributed by atoms with Crippen LogP contribution >= 0.6 is 0 Å². The predicted octanol–water partition coefficient (Wildman–Crippen LogP) is 0.185. The molecule has 0 amide bonds. The molecule has 0 aromatic rings. The largest absolute Gasteiger partial charge is 0.447 e. The van der Waals surface area contributed by atoms with Gasteiger partial charge in [-0.05, 0) is 0 Å². The lowest BCUT2D eigenvalue weighted by molar-refractivity contribution is -0.332. The zero-order valence-electron chi connectivity index (χ0n) is 5.93. The summed E-state index contributed by atoms with van der Waals surface area (Å²) in [7, 11) is 0. The van der Waals surface area contributed by atoms with Gasteiger partial charge in [0.1, 0.15) is 6.10 Å². The van der Waals surface area contributed by atoms with Crippen LogP contribution in [0, 0.1) is 0 Å². The van der Waals surface area contributed by atoms with Gasteiger partial charge in [0.25, 0.3) is 5.79 Å². The average Bonchev–Trinajstić information content (AvgIpc) is 2.16. The fraction of sp³-hybridized carbons (Fsp3) is 0.667. The number of hydrogen-bond acceptors (Lipinski definition) is 3. The van der Waals surface area contributed by atoms with Crippen molar-refractivity contribution in [3.8, 4) is 0 Å². The van der Waals surface area contributed by atoms with Gasteiger partial charge < -0.3 is 14.9 Å². The van der Waals surface area contributed by atoms with Crippen molar-refractivity contribution in [1.82, 2.24) is 0 Å². The molecule has 12 heavy (non-hydrogen) atoms. The van der Waals surface area contributed by atoms with Crippen molar-refractivity contribution in [3.05, 3.63) is 12.2 Å². The zero-order valence-corrected chi connectivity index (χ0v) is 5.93. The van der Waals surface area contributed by atoms with E-state index in [0.29, 0.717) is 0 Å². The highest BCUT2D eigenvalue weighted by Gasteiger charge is 2.62. The second-order valence-electron chi connectivity index (χ2n) is 2.49. The molecule has 6 heteroatoms. The van der Waals surface area contributed by atoms with Crippen LogP contribution in [0.2, 0.25) is 0 Å². The van der Waals surface area contributed by atoms with Crippen molar-refractivity contribution in [2.45, 2.75) is 18.1 Å². The fourth-order valence-electron chi connectivity index (χ4n) is 0.883. The molecule has 1 heterocycles. The van der Waals surface area contributed by atoms with Crippen molar-refractivity contribution in [1.29, 1.82) is 0 Å². The maximum atomic E-state index is 12.0.